The molecule has 0 atom stereocenters. The predicted molar refractivity (Wildman–Crippen MR) is 119 cm³/mol. The fraction of sp³-hybridized carbons (Fsp3) is 0.400. The van der Waals surface area contributed by atoms with Crippen LogP contribution in [0.25, 0.3) is 0 Å². The lowest BCUT2D eigenvalue weighted by Gasteiger charge is -2.24. The molecule has 4 rings (SSSR count). The minimum atomic E-state index is -0.319. The molecule has 1 heterocycles. The van der Waals surface area contributed by atoms with Crippen molar-refractivity contribution in [3.05, 3.63) is 58.7 Å². The van der Waals surface area contributed by atoms with Crippen LogP contribution in [0, 0.1) is 0 Å². The number of fused-ring (bicyclic) bond motifs is 1. The third-order valence-electron chi connectivity index (χ3n) is 6.03. The van der Waals surface area contributed by atoms with E-state index in [1.807, 2.05) is 30.0 Å². The number of unbranched alkanes of at least 4 members (excludes halogenated alkanes) is 1. The van der Waals surface area contributed by atoms with Gasteiger partial charge in [0.2, 0.25) is 0 Å². The van der Waals surface area contributed by atoms with Crippen molar-refractivity contribution in [1.29, 1.82) is 0 Å². The van der Waals surface area contributed by atoms with Crippen LogP contribution in [0.4, 0.5) is 0 Å². The second-order valence-corrected chi connectivity index (χ2v) is 8.22. The fourth-order valence-electron chi connectivity index (χ4n) is 4.05. The number of carbonyl (C=O) groups excluding carboxylic acids is 3. The Morgan fingerprint density at radius 3 is 2.44 bits per heavy atom. The molecule has 1 aliphatic carbocycles. The average molecular weight is 437 g/mol. The zero-order valence-electron chi connectivity index (χ0n) is 18.7. The lowest BCUT2D eigenvalue weighted by atomic mass is 10.0. The second kappa shape index (κ2) is 9.02. The largest absolute Gasteiger partial charge is 0.497 e. The summed E-state index contributed by atoms with van der Waals surface area (Å²) in [6.45, 7) is 2.78. The molecule has 2 aromatic carbocycles. The molecule has 3 amide bonds. The van der Waals surface area contributed by atoms with E-state index in [1.165, 1.54) is 4.90 Å². The average Bonchev–Trinajstić information content (AvgIpc) is 3.63. The van der Waals surface area contributed by atoms with Crippen molar-refractivity contribution in [3.63, 3.8) is 0 Å². The first-order chi connectivity index (χ1) is 15.5. The number of carbonyl (C=O) groups is 3. The van der Waals surface area contributed by atoms with E-state index in [1.54, 1.807) is 32.4 Å². The molecule has 0 unspecified atom stereocenters. The highest BCUT2D eigenvalue weighted by molar-refractivity contribution is 6.22. The van der Waals surface area contributed by atoms with Gasteiger partial charge < -0.3 is 14.4 Å². The van der Waals surface area contributed by atoms with Crippen LogP contribution in [-0.4, -0.2) is 54.3 Å². The number of nitrogens with zero attached hydrogens (tertiary/aromatic N) is 2. The van der Waals surface area contributed by atoms with Gasteiger partial charge in [0.1, 0.15) is 11.5 Å². The summed E-state index contributed by atoms with van der Waals surface area (Å²) in [4.78, 5) is 42.0. The van der Waals surface area contributed by atoms with Gasteiger partial charge >= 0.3 is 0 Å². The molecular weight excluding hydrogens is 408 g/mol. The highest BCUT2D eigenvalue weighted by Crippen LogP contribution is 2.34. The number of methoxy groups -OCH3 is 2. The molecular formula is C25H28N2O5. The monoisotopic (exact) mass is 436 g/mol. The summed E-state index contributed by atoms with van der Waals surface area (Å²) in [6, 6.07) is 10.5. The zero-order valence-corrected chi connectivity index (χ0v) is 18.7. The summed E-state index contributed by atoms with van der Waals surface area (Å²) in [5.74, 6) is 0.619. The van der Waals surface area contributed by atoms with Gasteiger partial charge in [-0.15, -0.1) is 0 Å². The van der Waals surface area contributed by atoms with Crippen LogP contribution in [0.1, 0.15) is 69.2 Å². The van der Waals surface area contributed by atoms with Crippen molar-refractivity contribution < 1.29 is 23.9 Å². The van der Waals surface area contributed by atoms with Gasteiger partial charge in [0.25, 0.3) is 17.7 Å². The fourth-order valence-corrected chi connectivity index (χ4v) is 4.05. The molecule has 7 nitrogen and oxygen atoms in total. The van der Waals surface area contributed by atoms with Crippen LogP contribution in [0.5, 0.6) is 11.5 Å². The summed E-state index contributed by atoms with van der Waals surface area (Å²) in [7, 11) is 3.20. The van der Waals surface area contributed by atoms with E-state index in [0.717, 1.165) is 31.2 Å². The lowest BCUT2D eigenvalue weighted by molar-refractivity contribution is 0.0651. The quantitative estimate of drug-likeness (QED) is 0.557. The first-order valence-electron chi connectivity index (χ1n) is 11.0. The molecule has 0 saturated heterocycles. The van der Waals surface area contributed by atoms with E-state index in [0.29, 0.717) is 41.3 Å². The Morgan fingerprint density at radius 2 is 1.78 bits per heavy atom. The van der Waals surface area contributed by atoms with Crippen LogP contribution >= 0.6 is 0 Å². The topological polar surface area (TPSA) is 76.2 Å². The SMILES string of the molecule is CCCCN1C(=O)c2ccc(C(=O)N(Cc3cc(OC)ccc3OC)C3CC3)cc2C1=O. The first-order valence-corrected chi connectivity index (χ1v) is 11.0. The molecule has 0 spiro atoms. The minimum Gasteiger partial charge on any atom is -0.497 e. The van der Waals surface area contributed by atoms with Gasteiger partial charge in [-0.1, -0.05) is 13.3 Å². The number of ether oxygens (including phenoxy) is 2. The Bertz CT molecular complexity index is 1060. The Balaban J connectivity index is 1.61. The molecule has 1 saturated carbocycles. The van der Waals surface area contributed by atoms with E-state index in [2.05, 4.69) is 0 Å². The number of hydrogen-bond acceptors (Lipinski definition) is 5. The summed E-state index contributed by atoms with van der Waals surface area (Å²) in [6.07, 6.45) is 3.52. The summed E-state index contributed by atoms with van der Waals surface area (Å²) >= 11 is 0. The molecule has 168 valence electrons. The summed E-state index contributed by atoms with van der Waals surface area (Å²) < 4.78 is 10.8. The Labute approximate surface area is 187 Å². The van der Waals surface area contributed by atoms with E-state index in [9.17, 15) is 14.4 Å². The normalized spacial score (nSPS) is 15.0. The van der Waals surface area contributed by atoms with Crippen molar-refractivity contribution in [2.24, 2.45) is 0 Å². The zero-order chi connectivity index (χ0) is 22.8. The second-order valence-electron chi connectivity index (χ2n) is 8.22. The molecule has 0 N–H and O–H groups in total. The van der Waals surface area contributed by atoms with Crippen LogP contribution < -0.4 is 9.47 Å². The van der Waals surface area contributed by atoms with Crippen molar-refractivity contribution in [3.8, 4) is 11.5 Å². The van der Waals surface area contributed by atoms with Gasteiger partial charge in [0, 0.05) is 23.7 Å². The maximum atomic E-state index is 13.5. The molecule has 1 aliphatic heterocycles. The van der Waals surface area contributed by atoms with E-state index < -0.39 is 0 Å². The number of benzene rings is 2. The molecule has 32 heavy (non-hydrogen) atoms. The van der Waals surface area contributed by atoms with E-state index in [4.69, 9.17) is 9.47 Å². The molecule has 0 aromatic heterocycles. The Morgan fingerprint density at radius 1 is 1.03 bits per heavy atom. The van der Waals surface area contributed by atoms with Crippen molar-refractivity contribution >= 4 is 17.7 Å². The molecule has 1 fully saturated rings. The third-order valence-corrected chi connectivity index (χ3v) is 6.03. The van der Waals surface area contributed by atoms with E-state index >= 15 is 0 Å². The molecule has 2 aliphatic rings. The van der Waals surface area contributed by atoms with Crippen LogP contribution in [0.2, 0.25) is 0 Å². The van der Waals surface area contributed by atoms with Gasteiger partial charge in [-0.3, -0.25) is 19.3 Å². The summed E-state index contributed by atoms with van der Waals surface area (Å²) in [5.41, 5.74) is 1.95. The van der Waals surface area contributed by atoms with Gasteiger partial charge in [0.05, 0.1) is 31.9 Å². The van der Waals surface area contributed by atoms with E-state index in [-0.39, 0.29) is 23.8 Å². The van der Waals surface area contributed by atoms with Crippen molar-refractivity contribution in [2.75, 3.05) is 20.8 Å². The third kappa shape index (κ3) is 4.07. The number of rotatable bonds is 9. The van der Waals surface area contributed by atoms with Gasteiger partial charge in [-0.05, 0) is 55.7 Å². The van der Waals surface area contributed by atoms with Crippen molar-refractivity contribution in [1.82, 2.24) is 9.80 Å². The molecule has 0 radical (unpaired) electrons. The smallest absolute Gasteiger partial charge is 0.261 e. The minimum absolute atomic E-state index is 0.144. The predicted octanol–water partition coefficient (Wildman–Crippen LogP) is 3.90. The molecule has 2 aromatic rings. The number of hydrogen-bond donors (Lipinski definition) is 0. The highest BCUT2D eigenvalue weighted by atomic mass is 16.5. The standard InChI is InChI=1S/C25H28N2O5/c1-4-5-12-26-24(29)20-10-6-16(14-21(20)25(26)30)23(28)27(18-7-8-18)15-17-13-19(31-2)9-11-22(17)32-3/h6,9-11,13-14,18H,4-5,7-8,12,15H2,1-3H3. The maximum absolute atomic E-state index is 13.5. The Hall–Kier alpha value is -3.35. The van der Waals surface area contributed by atoms with Crippen molar-refractivity contribution in [2.45, 2.75) is 45.2 Å². The maximum Gasteiger partial charge on any atom is 0.261 e. The van der Waals surface area contributed by atoms with Crippen LogP contribution in [-0.2, 0) is 6.54 Å². The van der Waals surface area contributed by atoms with Crippen LogP contribution in [0.3, 0.4) is 0 Å². The van der Waals surface area contributed by atoms with Gasteiger partial charge in [-0.2, -0.15) is 0 Å². The Kier molecular flexibility index (Phi) is 6.17. The van der Waals surface area contributed by atoms with Gasteiger partial charge in [-0.25, -0.2) is 0 Å². The number of amides is 3. The van der Waals surface area contributed by atoms with Gasteiger partial charge in [0.15, 0.2) is 0 Å². The highest BCUT2D eigenvalue weighted by Gasteiger charge is 2.37. The number of imide groups is 1. The lowest BCUT2D eigenvalue weighted by Crippen LogP contribution is -2.33. The molecule has 7 heteroatoms. The van der Waals surface area contributed by atoms with Crippen LogP contribution in [0.15, 0.2) is 36.4 Å². The summed E-state index contributed by atoms with van der Waals surface area (Å²) in [5, 5.41) is 0. The molecule has 0 bridgehead atoms. The first kappa shape index (κ1) is 21.9.